The lowest BCUT2D eigenvalue weighted by Crippen LogP contribution is -1.98. The van der Waals surface area contributed by atoms with Crippen LogP contribution in [0.5, 0.6) is 0 Å². The van der Waals surface area contributed by atoms with Gasteiger partial charge in [-0.3, -0.25) is 4.79 Å². The fourth-order valence-electron chi connectivity index (χ4n) is 1.01. The Balaban J connectivity index is 3.22. The van der Waals surface area contributed by atoms with Crippen LogP contribution in [-0.4, -0.2) is 13.1 Å². The Labute approximate surface area is 87.0 Å². The lowest BCUT2D eigenvalue weighted by Gasteiger charge is -1.93. The van der Waals surface area contributed by atoms with Gasteiger partial charge in [-0.15, -0.1) is 11.8 Å². The zero-order valence-corrected chi connectivity index (χ0v) is 8.97. The van der Waals surface area contributed by atoms with Gasteiger partial charge in [0.15, 0.2) is 0 Å². The van der Waals surface area contributed by atoms with Crippen LogP contribution in [0.25, 0.3) is 0 Å². The molecule has 0 rings (SSSR count). The van der Waals surface area contributed by atoms with Gasteiger partial charge in [0.25, 0.3) is 0 Å². The normalized spacial score (nSPS) is 9.00. The predicted octanol–water partition coefficient (Wildman–Crippen LogP) is 2.73. The van der Waals surface area contributed by atoms with E-state index in [0.29, 0.717) is 12.8 Å². The number of carbonyl (C=O) groups is 1. The van der Waals surface area contributed by atoms with Crippen LogP contribution < -0.4 is 0 Å². The van der Waals surface area contributed by atoms with Crippen molar-refractivity contribution in [2.75, 3.05) is 7.11 Å². The van der Waals surface area contributed by atoms with E-state index in [1.54, 1.807) is 0 Å². The number of methoxy groups -OCH3 is 1. The maximum Gasteiger partial charge on any atom is 0.306 e. The Morgan fingerprint density at radius 3 is 2.57 bits per heavy atom. The minimum absolute atomic E-state index is 0.184. The molecule has 0 aliphatic carbocycles. The second-order valence-electron chi connectivity index (χ2n) is 3.09. The predicted molar refractivity (Wildman–Crippen MR) is 57.5 cm³/mol. The monoisotopic (exact) mass is 195 g/mol. The van der Waals surface area contributed by atoms with Crippen LogP contribution in [0, 0.1) is 18.8 Å². The number of rotatable bonds is 6. The molecule has 0 spiro atoms. The number of hydrogen-bond donors (Lipinski definition) is 0. The minimum Gasteiger partial charge on any atom is -0.469 e. The van der Waals surface area contributed by atoms with Gasteiger partial charge in [0.2, 0.25) is 0 Å². The van der Waals surface area contributed by atoms with Crippen molar-refractivity contribution in [1.29, 1.82) is 0 Å². The van der Waals surface area contributed by atoms with E-state index in [9.17, 15) is 4.79 Å². The third-order valence-electron chi connectivity index (χ3n) is 1.86. The fraction of sp³-hybridized carbons (Fsp3) is 0.667. The van der Waals surface area contributed by atoms with E-state index >= 15 is 0 Å². The fourth-order valence-corrected chi connectivity index (χ4v) is 1.01. The SMILES string of the molecule is [CH2]CCCCCC#CCCC(=O)OC. The summed E-state index contributed by atoms with van der Waals surface area (Å²) in [7, 11) is 1.40. The number of esters is 1. The summed E-state index contributed by atoms with van der Waals surface area (Å²) in [6.45, 7) is 3.77. The van der Waals surface area contributed by atoms with Crippen molar-refractivity contribution in [3.8, 4) is 11.8 Å². The van der Waals surface area contributed by atoms with Crippen LogP contribution in [-0.2, 0) is 9.53 Å². The van der Waals surface area contributed by atoms with Gasteiger partial charge in [-0.1, -0.05) is 26.2 Å². The topological polar surface area (TPSA) is 26.3 Å². The molecule has 2 nitrogen and oxygen atoms in total. The largest absolute Gasteiger partial charge is 0.469 e. The Morgan fingerprint density at radius 1 is 1.21 bits per heavy atom. The first-order chi connectivity index (χ1) is 6.81. The van der Waals surface area contributed by atoms with Crippen LogP contribution in [0.4, 0.5) is 0 Å². The highest BCUT2D eigenvalue weighted by molar-refractivity contribution is 5.69. The van der Waals surface area contributed by atoms with Gasteiger partial charge in [0, 0.05) is 12.8 Å². The van der Waals surface area contributed by atoms with E-state index in [4.69, 9.17) is 0 Å². The van der Waals surface area contributed by atoms with Gasteiger partial charge < -0.3 is 4.74 Å². The summed E-state index contributed by atoms with van der Waals surface area (Å²) in [4.78, 5) is 10.7. The van der Waals surface area contributed by atoms with Gasteiger partial charge in [-0.25, -0.2) is 0 Å². The Hall–Kier alpha value is -0.970. The second-order valence-corrected chi connectivity index (χ2v) is 3.09. The molecule has 14 heavy (non-hydrogen) atoms. The quantitative estimate of drug-likeness (QED) is 0.370. The van der Waals surface area contributed by atoms with Crippen molar-refractivity contribution in [2.45, 2.75) is 44.9 Å². The number of ether oxygens (including phenoxy) is 1. The van der Waals surface area contributed by atoms with E-state index in [-0.39, 0.29) is 5.97 Å². The van der Waals surface area contributed by atoms with Crippen molar-refractivity contribution in [3.63, 3.8) is 0 Å². The molecular formula is C12H19O2. The van der Waals surface area contributed by atoms with Crippen molar-refractivity contribution < 1.29 is 9.53 Å². The molecule has 1 radical (unpaired) electrons. The maximum absolute atomic E-state index is 10.7. The van der Waals surface area contributed by atoms with Crippen molar-refractivity contribution in [3.05, 3.63) is 6.92 Å². The standard InChI is InChI=1S/C12H19O2/c1-3-4-5-6-7-8-9-10-11-12(13)14-2/h1,3-7,10-11H2,2H3. The van der Waals surface area contributed by atoms with Crippen molar-refractivity contribution in [2.24, 2.45) is 0 Å². The van der Waals surface area contributed by atoms with E-state index in [0.717, 1.165) is 19.3 Å². The van der Waals surface area contributed by atoms with Crippen LogP contribution in [0.2, 0.25) is 0 Å². The summed E-state index contributed by atoms with van der Waals surface area (Å²) in [6.07, 6.45) is 6.49. The Kier molecular flexibility index (Phi) is 9.41. The van der Waals surface area contributed by atoms with E-state index < -0.39 is 0 Å². The van der Waals surface area contributed by atoms with Gasteiger partial charge >= 0.3 is 5.97 Å². The third-order valence-corrected chi connectivity index (χ3v) is 1.86. The molecule has 0 heterocycles. The number of carbonyl (C=O) groups excluding carboxylic acids is 1. The molecule has 0 aromatic carbocycles. The van der Waals surface area contributed by atoms with E-state index in [1.165, 1.54) is 20.0 Å². The van der Waals surface area contributed by atoms with Crippen LogP contribution >= 0.6 is 0 Å². The summed E-state index contributed by atoms with van der Waals surface area (Å²) in [5.41, 5.74) is 0. The molecule has 0 amide bonds. The summed E-state index contributed by atoms with van der Waals surface area (Å²) in [5.74, 6) is 5.82. The first-order valence-electron chi connectivity index (χ1n) is 5.13. The Bertz CT molecular complexity index is 198. The molecule has 0 aromatic heterocycles. The molecule has 0 saturated heterocycles. The average molecular weight is 195 g/mol. The summed E-state index contributed by atoms with van der Waals surface area (Å²) >= 11 is 0. The third kappa shape index (κ3) is 9.12. The molecule has 79 valence electrons. The van der Waals surface area contributed by atoms with Crippen LogP contribution in [0.3, 0.4) is 0 Å². The summed E-state index contributed by atoms with van der Waals surface area (Å²) in [6, 6.07) is 0. The first-order valence-corrected chi connectivity index (χ1v) is 5.13. The molecule has 0 atom stereocenters. The molecule has 0 fully saturated rings. The molecule has 0 saturated carbocycles. The van der Waals surface area contributed by atoms with E-state index in [2.05, 4.69) is 23.5 Å². The Morgan fingerprint density at radius 2 is 1.93 bits per heavy atom. The molecule has 0 aromatic rings. The lowest BCUT2D eigenvalue weighted by atomic mass is 10.1. The highest BCUT2D eigenvalue weighted by atomic mass is 16.5. The highest BCUT2D eigenvalue weighted by Crippen LogP contribution is 2.00. The zero-order valence-electron chi connectivity index (χ0n) is 8.97. The minimum atomic E-state index is -0.184. The lowest BCUT2D eigenvalue weighted by molar-refractivity contribution is -0.140. The smallest absolute Gasteiger partial charge is 0.306 e. The molecule has 0 aliphatic rings. The van der Waals surface area contributed by atoms with Crippen LogP contribution in [0.1, 0.15) is 44.9 Å². The summed E-state index contributed by atoms with van der Waals surface area (Å²) < 4.78 is 4.50. The molecular weight excluding hydrogens is 176 g/mol. The van der Waals surface area contributed by atoms with E-state index in [1.807, 2.05) is 0 Å². The zero-order chi connectivity index (χ0) is 10.6. The highest BCUT2D eigenvalue weighted by Gasteiger charge is 1.95. The molecule has 0 unspecified atom stereocenters. The molecule has 0 aliphatic heterocycles. The van der Waals surface area contributed by atoms with Gasteiger partial charge in [-0.05, 0) is 6.42 Å². The molecule has 0 bridgehead atoms. The molecule has 0 N–H and O–H groups in total. The number of unbranched alkanes of at least 4 members (excludes halogenated alkanes) is 4. The number of hydrogen-bond acceptors (Lipinski definition) is 2. The van der Waals surface area contributed by atoms with Crippen molar-refractivity contribution >= 4 is 5.97 Å². The average Bonchev–Trinajstić information content (AvgIpc) is 2.21. The van der Waals surface area contributed by atoms with Gasteiger partial charge in [0.1, 0.15) is 0 Å². The van der Waals surface area contributed by atoms with Crippen molar-refractivity contribution in [1.82, 2.24) is 0 Å². The van der Waals surface area contributed by atoms with Crippen LogP contribution in [0.15, 0.2) is 0 Å². The summed E-state index contributed by atoms with van der Waals surface area (Å²) in [5, 5.41) is 0. The second kappa shape index (κ2) is 10.1. The molecule has 2 heteroatoms. The first kappa shape index (κ1) is 13.0. The maximum atomic E-state index is 10.7. The van der Waals surface area contributed by atoms with Gasteiger partial charge in [-0.2, -0.15) is 0 Å². The van der Waals surface area contributed by atoms with Gasteiger partial charge in [0.05, 0.1) is 13.5 Å².